The fraction of sp³-hybridized carbons (Fsp3) is 0.261. The van der Waals surface area contributed by atoms with Crippen LogP contribution in [0.15, 0.2) is 71.9 Å². The molecule has 3 aromatic rings. The van der Waals surface area contributed by atoms with Crippen molar-refractivity contribution in [3.05, 3.63) is 67.0 Å². The number of ether oxygens (including phenoxy) is 2. The normalized spacial score (nSPS) is 11.5. The van der Waals surface area contributed by atoms with Crippen LogP contribution in [0.3, 0.4) is 0 Å². The van der Waals surface area contributed by atoms with Gasteiger partial charge in [0.2, 0.25) is 11.8 Å². The fourth-order valence-electron chi connectivity index (χ4n) is 2.75. The minimum Gasteiger partial charge on any atom is -0.497 e. The quantitative estimate of drug-likeness (QED) is 0.348. The molecule has 0 bridgehead atoms. The maximum absolute atomic E-state index is 12.1. The highest BCUT2D eigenvalue weighted by molar-refractivity contribution is 8.00. The Morgan fingerprint density at radius 3 is 2.70 bits per heavy atom. The third-order valence-electron chi connectivity index (χ3n) is 4.35. The molecule has 0 aliphatic carbocycles. The molecule has 33 heavy (non-hydrogen) atoms. The lowest BCUT2D eigenvalue weighted by Crippen LogP contribution is -2.37. The molecule has 10 heteroatoms. The number of thioether (sulfide) groups is 1. The van der Waals surface area contributed by atoms with Gasteiger partial charge >= 0.3 is 0 Å². The second-order valence-electron chi connectivity index (χ2n) is 7.02. The number of aliphatic hydroxyl groups excluding tert-OH is 1. The van der Waals surface area contributed by atoms with E-state index in [0.717, 1.165) is 4.90 Å². The molecule has 0 aliphatic rings. The smallest absolute Gasteiger partial charge is 0.241 e. The van der Waals surface area contributed by atoms with Gasteiger partial charge in [-0.3, -0.25) is 14.3 Å². The van der Waals surface area contributed by atoms with E-state index < -0.39 is 6.10 Å². The fourth-order valence-corrected chi connectivity index (χ4v) is 3.47. The van der Waals surface area contributed by atoms with E-state index in [2.05, 4.69) is 15.7 Å². The zero-order chi connectivity index (χ0) is 23.5. The first kappa shape index (κ1) is 24.1. The Bertz CT molecular complexity index is 1040. The molecule has 3 rings (SSSR count). The number of anilines is 1. The van der Waals surface area contributed by atoms with Crippen LogP contribution in [0.1, 0.15) is 0 Å². The number of aromatic nitrogens is 2. The van der Waals surface area contributed by atoms with Crippen molar-refractivity contribution >= 4 is 29.3 Å². The first-order valence-electron chi connectivity index (χ1n) is 10.2. The predicted octanol–water partition coefficient (Wildman–Crippen LogP) is 2.18. The van der Waals surface area contributed by atoms with Crippen molar-refractivity contribution in [3.63, 3.8) is 0 Å². The van der Waals surface area contributed by atoms with E-state index in [0.29, 0.717) is 17.2 Å². The zero-order valence-corrected chi connectivity index (χ0v) is 19.0. The molecule has 2 amide bonds. The molecule has 0 aliphatic heterocycles. The number of hydrogen-bond acceptors (Lipinski definition) is 7. The molecule has 174 valence electrons. The average Bonchev–Trinajstić information content (AvgIpc) is 3.27. The Balaban J connectivity index is 1.35. The van der Waals surface area contributed by atoms with E-state index >= 15 is 0 Å². The summed E-state index contributed by atoms with van der Waals surface area (Å²) >= 11 is 1.44. The highest BCUT2D eigenvalue weighted by Gasteiger charge is 2.11. The largest absolute Gasteiger partial charge is 0.497 e. The number of aliphatic hydroxyl groups is 1. The second kappa shape index (κ2) is 12.5. The number of methoxy groups -OCH3 is 1. The highest BCUT2D eigenvalue weighted by atomic mass is 32.2. The first-order valence-corrected chi connectivity index (χ1v) is 11.2. The van der Waals surface area contributed by atoms with Gasteiger partial charge in [0.25, 0.3) is 0 Å². The van der Waals surface area contributed by atoms with Gasteiger partial charge in [0.15, 0.2) is 0 Å². The molecule has 1 heterocycles. The summed E-state index contributed by atoms with van der Waals surface area (Å²) in [5.74, 6) is 1.00. The van der Waals surface area contributed by atoms with Crippen molar-refractivity contribution in [2.24, 2.45) is 0 Å². The first-order chi connectivity index (χ1) is 16.0. The van der Waals surface area contributed by atoms with E-state index in [4.69, 9.17) is 9.47 Å². The molecule has 2 aromatic carbocycles. The van der Waals surface area contributed by atoms with Crippen molar-refractivity contribution in [1.29, 1.82) is 0 Å². The molecule has 9 nitrogen and oxygen atoms in total. The monoisotopic (exact) mass is 470 g/mol. The van der Waals surface area contributed by atoms with Crippen LogP contribution < -0.4 is 20.1 Å². The van der Waals surface area contributed by atoms with E-state index in [-0.39, 0.29) is 37.3 Å². The number of carbonyl (C=O) groups excluding carboxylic acids is 2. The van der Waals surface area contributed by atoms with Gasteiger partial charge in [-0.25, -0.2) is 0 Å². The third kappa shape index (κ3) is 8.51. The van der Waals surface area contributed by atoms with Crippen molar-refractivity contribution < 1.29 is 24.2 Å². The van der Waals surface area contributed by atoms with Gasteiger partial charge in [-0.05, 0) is 24.3 Å². The van der Waals surface area contributed by atoms with Crippen LogP contribution in [0.25, 0.3) is 0 Å². The van der Waals surface area contributed by atoms with Gasteiger partial charge < -0.3 is 25.2 Å². The van der Waals surface area contributed by atoms with Crippen molar-refractivity contribution in [2.45, 2.75) is 17.5 Å². The Morgan fingerprint density at radius 2 is 1.91 bits per heavy atom. The minimum atomic E-state index is -0.880. The Hall–Kier alpha value is -3.50. The van der Waals surface area contributed by atoms with E-state index in [1.54, 1.807) is 37.6 Å². The highest BCUT2D eigenvalue weighted by Crippen LogP contribution is 2.19. The molecule has 1 aromatic heterocycles. The zero-order valence-electron chi connectivity index (χ0n) is 18.1. The van der Waals surface area contributed by atoms with Crippen molar-refractivity contribution in [1.82, 2.24) is 15.1 Å². The van der Waals surface area contributed by atoms with Crippen LogP contribution in [-0.4, -0.2) is 58.8 Å². The number of nitrogens with zero attached hydrogens (tertiary/aromatic N) is 2. The molecule has 0 saturated carbocycles. The van der Waals surface area contributed by atoms with Gasteiger partial charge in [0.05, 0.1) is 24.7 Å². The maximum atomic E-state index is 12.1. The van der Waals surface area contributed by atoms with Crippen LogP contribution in [0.4, 0.5) is 5.69 Å². The molecule has 0 radical (unpaired) electrons. The van der Waals surface area contributed by atoms with Crippen molar-refractivity contribution in [2.75, 3.05) is 31.3 Å². The Labute approximate surface area is 196 Å². The molecule has 3 N–H and O–H groups in total. The Morgan fingerprint density at radius 1 is 1.12 bits per heavy atom. The summed E-state index contributed by atoms with van der Waals surface area (Å²) < 4.78 is 12.0. The molecule has 0 unspecified atom stereocenters. The molecule has 1 atom stereocenters. The number of benzene rings is 2. The number of nitrogens with one attached hydrogen (secondary N) is 2. The van der Waals surface area contributed by atoms with Gasteiger partial charge in [-0.15, -0.1) is 11.8 Å². The summed E-state index contributed by atoms with van der Waals surface area (Å²) in [5, 5.41) is 19.5. The SMILES string of the molecule is COc1cccc(OC[C@H](O)CNC(=O)Cn2cc(NC(=O)CSc3ccccc3)cn2)c1. The minimum absolute atomic E-state index is 0.0202. The summed E-state index contributed by atoms with van der Waals surface area (Å²) in [6, 6.07) is 16.7. The number of rotatable bonds is 12. The number of carbonyl (C=O) groups is 2. The topological polar surface area (TPSA) is 115 Å². The van der Waals surface area contributed by atoms with Gasteiger partial charge in [-0.1, -0.05) is 24.3 Å². The average molecular weight is 471 g/mol. The molecule has 0 fully saturated rings. The van der Waals surface area contributed by atoms with E-state index in [1.807, 2.05) is 30.3 Å². The van der Waals surface area contributed by atoms with E-state index in [9.17, 15) is 14.7 Å². The van der Waals surface area contributed by atoms with Gasteiger partial charge in [-0.2, -0.15) is 5.10 Å². The number of amides is 2. The van der Waals surface area contributed by atoms with Crippen LogP contribution in [-0.2, 0) is 16.1 Å². The van der Waals surface area contributed by atoms with E-state index in [1.165, 1.54) is 22.6 Å². The maximum Gasteiger partial charge on any atom is 0.241 e. The lowest BCUT2D eigenvalue weighted by atomic mass is 10.3. The molecule has 0 spiro atoms. The lowest BCUT2D eigenvalue weighted by molar-refractivity contribution is -0.122. The summed E-state index contributed by atoms with van der Waals surface area (Å²) in [5.41, 5.74) is 0.508. The standard InChI is InChI=1S/C23H26N4O5S/c1-31-19-6-5-7-20(10-19)32-15-18(28)12-24-22(29)14-27-13-17(11-25-27)26-23(30)16-33-21-8-3-2-4-9-21/h2-11,13,18,28H,12,14-16H2,1H3,(H,24,29)(H,26,30)/t18-/m1/s1. The predicted molar refractivity (Wildman–Crippen MR) is 126 cm³/mol. The molecule has 0 saturated heterocycles. The van der Waals surface area contributed by atoms with Gasteiger partial charge in [0, 0.05) is 23.7 Å². The van der Waals surface area contributed by atoms with Gasteiger partial charge in [0.1, 0.15) is 30.8 Å². The second-order valence-corrected chi connectivity index (χ2v) is 8.07. The van der Waals surface area contributed by atoms with Crippen LogP contribution in [0, 0.1) is 0 Å². The van der Waals surface area contributed by atoms with Crippen LogP contribution >= 0.6 is 11.8 Å². The Kier molecular flexibility index (Phi) is 9.16. The summed E-state index contributed by atoms with van der Waals surface area (Å²) in [4.78, 5) is 25.2. The third-order valence-corrected chi connectivity index (χ3v) is 5.37. The molecular formula is C23H26N4O5S. The summed E-state index contributed by atoms with van der Waals surface area (Å²) in [6.07, 6.45) is 2.18. The molecular weight excluding hydrogens is 444 g/mol. The van der Waals surface area contributed by atoms with Crippen LogP contribution in [0.2, 0.25) is 0 Å². The summed E-state index contributed by atoms with van der Waals surface area (Å²) in [7, 11) is 1.56. The lowest BCUT2D eigenvalue weighted by Gasteiger charge is -2.13. The summed E-state index contributed by atoms with van der Waals surface area (Å²) in [6.45, 7) is 0.00879. The van der Waals surface area contributed by atoms with Crippen LogP contribution in [0.5, 0.6) is 11.5 Å². The van der Waals surface area contributed by atoms with Crippen molar-refractivity contribution in [3.8, 4) is 11.5 Å². The number of hydrogen-bond donors (Lipinski definition) is 3.